The van der Waals surface area contributed by atoms with E-state index in [0.29, 0.717) is 24.2 Å². The molecule has 0 spiro atoms. The van der Waals surface area contributed by atoms with Gasteiger partial charge in [-0.3, -0.25) is 9.59 Å². The zero-order valence-corrected chi connectivity index (χ0v) is 13.3. The molecule has 1 amide bonds. The van der Waals surface area contributed by atoms with Crippen LogP contribution < -0.4 is 10.1 Å². The number of carboxylic acid groups (broad SMARTS) is 1. The predicted octanol–water partition coefficient (Wildman–Crippen LogP) is 3.38. The number of nitrogens with one attached hydrogen (secondary N) is 1. The lowest BCUT2D eigenvalue weighted by atomic mass is 10.1. The molecule has 0 fully saturated rings. The molecule has 0 aliphatic rings. The highest BCUT2D eigenvalue weighted by Crippen LogP contribution is 2.33. The van der Waals surface area contributed by atoms with E-state index < -0.39 is 5.97 Å². The van der Waals surface area contributed by atoms with Gasteiger partial charge in [0.1, 0.15) is 0 Å². The van der Waals surface area contributed by atoms with Crippen molar-refractivity contribution in [1.82, 2.24) is 5.32 Å². The minimum Gasteiger partial charge on any atom is -0.494 e. The number of halogens is 2. The van der Waals surface area contributed by atoms with Crippen molar-refractivity contribution < 1.29 is 19.4 Å². The summed E-state index contributed by atoms with van der Waals surface area (Å²) in [6, 6.07) is 2.81. The Hall–Kier alpha value is -1.46. The van der Waals surface area contributed by atoms with E-state index in [1.54, 1.807) is 0 Å². The molecule has 7 heteroatoms. The summed E-state index contributed by atoms with van der Waals surface area (Å²) in [5, 5.41) is 11.9. The van der Waals surface area contributed by atoms with Gasteiger partial charge in [0.05, 0.1) is 17.2 Å². The molecule has 0 aliphatic carbocycles. The monoisotopic (exact) mass is 333 g/mol. The van der Waals surface area contributed by atoms with Gasteiger partial charge in [-0.15, -0.1) is 0 Å². The second kappa shape index (κ2) is 8.10. The van der Waals surface area contributed by atoms with Crippen LogP contribution in [0.3, 0.4) is 0 Å². The second-order valence-corrected chi connectivity index (χ2v) is 5.45. The van der Waals surface area contributed by atoms with E-state index in [0.717, 1.165) is 0 Å². The number of hydrogen-bond acceptors (Lipinski definition) is 3. The average Bonchev–Trinajstić information content (AvgIpc) is 2.37. The van der Waals surface area contributed by atoms with Gasteiger partial charge in [0.25, 0.3) is 5.91 Å². The maximum Gasteiger partial charge on any atom is 0.303 e. The topological polar surface area (TPSA) is 75.6 Å². The first kappa shape index (κ1) is 17.6. The van der Waals surface area contributed by atoms with E-state index in [1.807, 2.05) is 6.92 Å². The normalized spacial score (nSPS) is 11.8. The highest BCUT2D eigenvalue weighted by atomic mass is 35.5. The van der Waals surface area contributed by atoms with Gasteiger partial charge in [0, 0.05) is 18.0 Å². The summed E-state index contributed by atoms with van der Waals surface area (Å²) in [5.41, 5.74) is 0.330. The molecule has 116 valence electrons. The van der Waals surface area contributed by atoms with E-state index in [1.165, 1.54) is 19.2 Å². The van der Waals surface area contributed by atoms with Crippen LogP contribution in [0, 0.1) is 0 Å². The van der Waals surface area contributed by atoms with Crippen LogP contribution in [-0.4, -0.2) is 30.1 Å². The molecule has 21 heavy (non-hydrogen) atoms. The van der Waals surface area contributed by atoms with Crippen LogP contribution in [0.1, 0.15) is 36.5 Å². The number of aliphatic carboxylic acids is 1. The standard InChI is InChI=1S/C14H17Cl2NO4/c1-8(4-3-5-12(18)19)17-14(20)9-6-10(15)13(21-2)11(16)7-9/h6-8H,3-5H2,1-2H3,(H,17,20)(H,18,19). The fraction of sp³-hybridized carbons (Fsp3) is 0.429. The molecule has 0 heterocycles. The number of hydrogen-bond donors (Lipinski definition) is 2. The Labute approximate surface area is 133 Å². The molecule has 1 atom stereocenters. The molecule has 1 aromatic carbocycles. The van der Waals surface area contributed by atoms with Crippen molar-refractivity contribution in [3.05, 3.63) is 27.7 Å². The van der Waals surface area contributed by atoms with Crippen LogP contribution >= 0.6 is 23.2 Å². The summed E-state index contributed by atoms with van der Waals surface area (Å²) in [4.78, 5) is 22.5. The first-order valence-corrected chi connectivity index (χ1v) is 7.16. The molecule has 1 rings (SSSR count). The van der Waals surface area contributed by atoms with Crippen molar-refractivity contribution >= 4 is 35.1 Å². The molecule has 0 aliphatic heterocycles. The van der Waals surface area contributed by atoms with Gasteiger partial charge in [0.2, 0.25) is 0 Å². The molecule has 5 nitrogen and oxygen atoms in total. The summed E-state index contributed by atoms with van der Waals surface area (Å²) in [5.74, 6) is -0.837. The largest absolute Gasteiger partial charge is 0.494 e. The number of ether oxygens (including phenoxy) is 1. The third-order valence-corrected chi connectivity index (χ3v) is 3.43. The number of methoxy groups -OCH3 is 1. The van der Waals surface area contributed by atoms with Crippen LogP contribution in [0.4, 0.5) is 0 Å². The van der Waals surface area contributed by atoms with E-state index in [2.05, 4.69) is 5.32 Å². The van der Waals surface area contributed by atoms with Gasteiger partial charge in [-0.1, -0.05) is 23.2 Å². The fourth-order valence-corrected chi connectivity index (χ4v) is 2.47. The van der Waals surface area contributed by atoms with Crippen LogP contribution in [0.5, 0.6) is 5.75 Å². The lowest BCUT2D eigenvalue weighted by Crippen LogP contribution is -2.32. The molecule has 1 aromatic rings. The number of rotatable bonds is 7. The summed E-state index contributed by atoms with van der Waals surface area (Å²) in [6.45, 7) is 1.81. The molecule has 0 radical (unpaired) electrons. The maximum atomic E-state index is 12.1. The molecule has 0 saturated carbocycles. The smallest absolute Gasteiger partial charge is 0.303 e. The van der Waals surface area contributed by atoms with Crippen LogP contribution in [0.15, 0.2) is 12.1 Å². The van der Waals surface area contributed by atoms with Gasteiger partial charge >= 0.3 is 5.97 Å². The van der Waals surface area contributed by atoms with Crippen molar-refractivity contribution in [2.24, 2.45) is 0 Å². The third kappa shape index (κ3) is 5.44. The fourth-order valence-electron chi connectivity index (χ4n) is 1.82. The van der Waals surface area contributed by atoms with Crippen molar-refractivity contribution in [1.29, 1.82) is 0 Å². The third-order valence-electron chi connectivity index (χ3n) is 2.87. The van der Waals surface area contributed by atoms with E-state index in [4.69, 9.17) is 33.0 Å². The maximum absolute atomic E-state index is 12.1. The predicted molar refractivity (Wildman–Crippen MR) is 81.4 cm³/mol. The number of amides is 1. The molecular formula is C14H17Cl2NO4. The highest BCUT2D eigenvalue weighted by molar-refractivity contribution is 6.37. The Kier molecular flexibility index (Phi) is 6.78. The zero-order chi connectivity index (χ0) is 16.0. The summed E-state index contributed by atoms with van der Waals surface area (Å²) in [6.07, 6.45) is 1.16. The highest BCUT2D eigenvalue weighted by Gasteiger charge is 2.15. The van der Waals surface area contributed by atoms with Crippen LogP contribution in [-0.2, 0) is 4.79 Å². The summed E-state index contributed by atoms with van der Waals surface area (Å²) < 4.78 is 5.02. The Morgan fingerprint density at radius 3 is 2.38 bits per heavy atom. The van der Waals surface area contributed by atoms with Gasteiger partial charge in [-0.05, 0) is 31.9 Å². The van der Waals surface area contributed by atoms with Gasteiger partial charge in [0.15, 0.2) is 5.75 Å². The molecule has 1 unspecified atom stereocenters. The number of benzene rings is 1. The zero-order valence-electron chi connectivity index (χ0n) is 11.8. The Morgan fingerprint density at radius 2 is 1.90 bits per heavy atom. The Balaban J connectivity index is 2.65. The van der Waals surface area contributed by atoms with Gasteiger partial charge in [-0.25, -0.2) is 0 Å². The summed E-state index contributed by atoms with van der Waals surface area (Å²) >= 11 is 12.0. The van der Waals surface area contributed by atoms with E-state index >= 15 is 0 Å². The van der Waals surface area contributed by atoms with Crippen molar-refractivity contribution in [2.45, 2.75) is 32.2 Å². The SMILES string of the molecule is COc1c(Cl)cc(C(=O)NC(C)CCCC(=O)O)cc1Cl. The molecule has 0 bridgehead atoms. The minimum atomic E-state index is -0.845. The van der Waals surface area contributed by atoms with Gasteiger partial charge in [-0.2, -0.15) is 0 Å². The van der Waals surface area contributed by atoms with Crippen molar-refractivity contribution in [3.8, 4) is 5.75 Å². The van der Waals surface area contributed by atoms with Crippen LogP contribution in [0.2, 0.25) is 10.0 Å². The van der Waals surface area contributed by atoms with E-state index in [9.17, 15) is 9.59 Å². The number of carbonyl (C=O) groups is 2. The first-order chi connectivity index (χ1) is 9.85. The molecule has 0 aromatic heterocycles. The summed E-state index contributed by atoms with van der Waals surface area (Å²) in [7, 11) is 1.44. The first-order valence-electron chi connectivity index (χ1n) is 6.40. The van der Waals surface area contributed by atoms with Crippen LogP contribution in [0.25, 0.3) is 0 Å². The minimum absolute atomic E-state index is 0.0837. The van der Waals surface area contributed by atoms with Crippen molar-refractivity contribution in [3.63, 3.8) is 0 Å². The van der Waals surface area contributed by atoms with Gasteiger partial charge < -0.3 is 15.2 Å². The van der Waals surface area contributed by atoms with E-state index in [-0.39, 0.29) is 28.4 Å². The molecule has 0 saturated heterocycles. The number of carbonyl (C=O) groups excluding carboxylic acids is 1. The Morgan fingerprint density at radius 1 is 1.33 bits per heavy atom. The van der Waals surface area contributed by atoms with Crippen molar-refractivity contribution in [2.75, 3.05) is 7.11 Å². The average molecular weight is 334 g/mol. The number of carboxylic acids is 1. The lowest BCUT2D eigenvalue weighted by Gasteiger charge is -2.14. The second-order valence-electron chi connectivity index (χ2n) is 4.63. The lowest BCUT2D eigenvalue weighted by molar-refractivity contribution is -0.137. The molecular weight excluding hydrogens is 317 g/mol. The Bertz CT molecular complexity index is 511. The quantitative estimate of drug-likeness (QED) is 0.802. The molecule has 2 N–H and O–H groups in total.